The highest BCUT2D eigenvalue weighted by molar-refractivity contribution is 7.13. The SMILES string of the molecule is CCCC(NC(C)C(=O)Nc1nccs1)C(=O)O. The average molecular weight is 271 g/mol. The van der Waals surface area contributed by atoms with E-state index in [1.165, 1.54) is 11.3 Å². The summed E-state index contributed by atoms with van der Waals surface area (Å²) in [4.78, 5) is 26.7. The first-order chi connectivity index (χ1) is 8.54. The standard InChI is InChI=1S/C11H17N3O3S/c1-3-4-8(10(16)17)13-7(2)9(15)14-11-12-5-6-18-11/h5-8,13H,3-4H2,1-2H3,(H,16,17)(H,12,14,15). The summed E-state index contributed by atoms with van der Waals surface area (Å²) in [7, 11) is 0. The number of aliphatic carboxylic acids is 1. The number of hydrogen-bond acceptors (Lipinski definition) is 5. The zero-order valence-corrected chi connectivity index (χ0v) is 11.2. The van der Waals surface area contributed by atoms with E-state index in [2.05, 4.69) is 15.6 Å². The number of thiazole rings is 1. The van der Waals surface area contributed by atoms with Gasteiger partial charge in [-0.3, -0.25) is 14.9 Å². The lowest BCUT2D eigenvalue weighted by atomic mass is 10.1. The van der Waals surface area contributed by atoms with Gasteiger partial charge in [-0.2, -0.15) is 0 Å². The van der Waals surface area contributed by atoms with E-state index in [1.54, 1.807) is 18.5 Å². The molecule has 0 aliphatic rings. The van der Waals surface area contributed by atoms with Crippen molar-refractivity contribution < 1.29 is 14.7 Å². The van der Waals surface area contributed by atoms with Gasteiger partial charge in [0.2, 0.25) is 5.91 Å². The fourth-order valence-corrected chi connectivity index (χ4v) is 1.97. The summed E-state index contributed by atoms with van der Waals surface area (Å²) in [6.45, 7) is 3.53. The number of carbonyl (C=O) groups excluding carboxylic acids is 1. The van der Waals surface area contributed by atoms with Gasteiger partial charge in [-0.05, 0) is 13.3 Å². The summed E-state index contributed by atoms with van der Waals surface area (Å²) in [6, 6.07) is -1.28. The molecule has 0 aliphatic heterocycles. The van der Waals surface area contributed by atoms with Crippen molar-refractivity contribution >= 4 is 28.3 Å². The smallest absolute Gasteiger partial charge is 0.320 e. The fourth-order valence-electron chi connectivity index (χ4n) is 1.44. The molecule has 100 valence electrons. The molecule has 0 spiro atoms. The van der Waals surface area contributed by atoms with Crippen LogP contribution in [0.25, 0.3) is 0 Å². The number of anilines is 1. The van der Waals surface area contributed by atoms with Crippen molar-refractivity contribution in [2.24, 2.45) is 0 Å². The molecule has 2 unspecified atom stereocenters. The van der Waals surface area contributed by atoms with Crippen molar-refractivity contribution in [3.63, 3.8) is 0 Å². The van der Waals surface area contributed by atoms with Gasteiger partial charge in [-0.1, -0.05) is 13.3 Å². The highest BCUT2D eigenvalue weighted by Crippen LogP contribution is 2.10. The number of carboxylic acids is 1. The van der Waals surface area contributed by atoms with Crippen molar-refractivity contribution in [2.75, 3.05) is 5.32 Å². The Kier molecular flexibility index (Phi) is 5.73. The Morgan fingerprint density at radius 3 is 2.78 bits per heavy atom. The third-order valence-corrected chi connectivity index (χ3v) is 3.07. The molecule has 3 N–H and O–H groups in total. The predicted molar refractivity (Wildman–Crippen MR) is 69.7 cm³/mol. The Hall–Kier alpha value is -1.47. The molecule has 1 amide bonds. The Balaban J connectivity index is 2.50. The molecule has 1 heterocycles. The van der Waals surface area contributed by atoms with E-state index in [0.717, 1.165) is 6.42 Å². The number of nitrogens with zero attached hydrogens (tertiary/aromatic N) is 1. The van der Waals surface area contributed by atoms with Crippen LogP contribution in [0.4, 0.5) is 5.13 Å². The molecule has 1 rings (SSSR count). The summed E-state index contributed by atoms with van der Waals surface area (Å²) in [6.07, 6.45) is 2.82. The Bertz CT molecular complexity index is 394. The van der Waals surface area contributed by atoms with Crippen LogP contribution < -0.4 is 10.6 Å². The minimum atomic E-state index is -0.939. The maximum atomic E-state index is 11.8. The molecule has 0 fully saturated rings. The number of nitrogens with one attached hydrogen (secondary N) is 2. The van der Waals surface area contributed by atoms with Crippen molar-refractivity contribution in [3.8, 4) is 0 Å². The van der Waals surface area contributed by atoms with Crippen LogP contribution in [0.2, 0.25) is 0 Å². The molecule has 7 heteroatoms. The topological polar surface area (TPSA) is 91.3 Å². The van der Waals surface area contributed by atoms with E-state index in [9.17, 15) is 9.59 Å². The van der Waals surface area contributed by atoms with Gasteiger partial charge < -0.3 is 10.4 Å². The van der Waals surface area contributed by atoms with Crippen LogP contribution >= 0.6 is 11.3 Å². The van der Waals surface area contributed by atoms with Crippen LogP contribution in [0.3, 0.4) is 0 Å². The fraction of sp³-hybridized carbons (Fsp3) is 0.545. The number of carboxylic acid groups (broad SMARTS) is 1. The number of amides is 1. The largest absolute Gasteiger partial charge is 0.480 e. The average Bonchev–Trinajstić information content (AvgIpc) is 2.80. The first-order valence-electron chi connectivity index (χ1n) is 5.73. The third-order valence-electron chi connectivity index (χ3n) is 2.38. The minimum absolute atomic E-state index is 0.285. The molecule has 0 saturated carbocycles. The second-order valence-corrected chi connectivity index (χ2v) is 4.79. The van der Waals surface area contributed by atoms with Gasteiger partial charge in [-0.15, -0.1) is 11.3 Å². The number of aromatic nitrogens is 1. The lowest BCUT2D eigenvalue weighted by Gasteiger charge is -2.18. The van der Waals surface area contributed by atoms with E-state index >= 15 is 0 Å². The van der Waals surface area contributed by atoms with E-state index in [4.69, 9.17) is 5.11 Å². The third kappa shape index (κ3) is 4.42. The van der Waals surface area contributed by atoms with Crippen LogP contribution in [-0.2, 0) is 9.59 Å². The molecular weight excluding hydrogens is 254 g/mol. The summed E-state index contributed by atoms with van der Waals surface area (Å²) in [5.74, 6) is -1.22. The zero-order chi connectivity index (χ0) is 13.5. The monoisotopic (exact) mass is 271 g/mol. The van der Waals surface area contributed by atoms with Crippen LogP contribution in [-0.4, -0.2) is 34.1 Å². The maximum Gasteiger partial charge on any atom is 0.320 e. The molecule has 0 aliphatic carbocycles. The summed E-state index contributed by atoms with van der Waals surface area (Å²) < 4.78 is 0. The molecule has 0 saturated heterocycles. The second kappa shape index (κ2) is 7.07. The quantitative estimate of drug-likeness (QED) is 0.695. The lowest BCUT2D eigenvalue weighted by Crippen LogP contribution is -2.47. The number of rotatable bonds is 7. The van der Waals surface area contributed by atoms with E-state index in [-0.39, 0.29) is 5.91 Å². The van der Waals surface area contributed by atoms with Crippen molar-refractivity contribution in [3.05, 3.63) is 11.6 Å². The maximum absolute atomic E-state index is 11.8. The van der Waals surface area contributed by atoms with E-state index in [0.29, 0.717) is 11.6 Å². The molecule has 0 aromatic carbocycles. The first-order valence-corrected chi connectivity index (χ1v) is 6.61. The number of hydrogen-bond donors (Lipinski definition) is 3. The van der Waals surface area contributed by atoms with Crippen LogP contribution in [0.5, 0.6) is 0 Å². The van der Waals surface area contributed by atoms with Gasteiger partial charge in [0.15, 0.2) is 5.13 Å². The molecule has 2 atom stereocenters. The number of carbonyl (C=O) groups is 2. The molecule has 1 aromatic heterocycles. The van der Waals surface area contributed by atoms with Gasteiger partial charge in [0, 0.05) is 11.6 Å². The molecule has 1 aromatic rings. The highest BCUT2D eigenvalue weighted by atomic mass is 32.1. The normalized spacial score (nSPS) is 13.9. The van der Waals surface area contributed by atoms with Crippen LogP contribution in [0, 0.1) is 0 Å². The van der Waals surface area contributed by atoms with Crippen molar-refractivity contribution in [2.45, 2.75) is 38.8 Å². The van der Waals surface area contributed by atoms with Gasteiger partial charge in [0.25, 0.3) is 0 Å². The minimum Gasteiger partial charge on any atom is -0.480 e. The Morgan fingerprint density at radius 2 is 2.28 bits per heavy atom. The Morgan fingerprint density at radius 1 is 1.56 bits per heavy atom. The highest BCUT2D eigenvalue weighted by Gasteiger charge is 2.22. The summed E-state index contributed by atoms with van der Waals surface area (Å²) >= 11 is 1.32. The van der Waals surface area contributed by atoms with Crippen molar-refractivity contribution in [1.29, 1.82) is 0 Å². The van der Waals surface area contributed by atoms with Crippen LogP contribution in [0.1, 0.15) is 26.7 Å². The van der Waals surface area contributed by atoms with Crippen LogP contribution in [0.15, 0.2) is 11.6 Å². The molecule has 0 bridgehead atoms. The van der Waals surface area contributed by atoms with Gasteiger partial charge in [-0.25, -0.2) is 4.98 Å². The first kappa shape index (κ1) is 14.6. The molecule has 0 radical (unpaired) electrons. The van der Waals surface area contributed by atoms with Gasteiger partial charge in [0.1, 0.15) is 6.04 Å². The van der Waals surface area contributed by atoms with Gasteiger partial charge in [0.05, 0.1) is 6.04 Å². The predicted octanol–water partition coefficient (Wildman–Crippen LogP) is 1.31. The second-order valence-electron chi connectivity index (χ2n) is 3.89. The molecule has 6 nitrogen and oxygen atoms in total. The molecular formula is C11H17N3O3S. The summed E-state index contributed by atoms with van der Waals surface area (Å²) in [5.41, 5.74) is 0. The van der Waals surface area contributed by atoms with Crippen molar-refractivity contribution in [1.82, 2.24) is 10.3 Å². The van der Waals surface area contributed by atoms with Gasteiger partial charge >= 0.3 is 5.97 Å². The van der Waals surface area contributed by atoms with E-state index < -0.39 is 18.1 Å². The van der Waals surface area contributed by atoms with E-state index in [1.807, 2.05) is 6.92 Å². The summed E-state index contributed by atoms with van der Waals surface area (Å²) in [5, 5.41) is 16.7. The zero-order valence-electron chi connectivity index (χ0n) is 10.3. The molecule has 18 heavy (non-hydrogen) atoms. The lowest BCUT2D eigenvalue weighted by molar-refractivity contribution is -0.140. The Labute approximate surface area is 109 Å².